The average molecular weight is 492 g/mol. The third kappa shape index (κ3) is 14.8. The van der Waals surface area contributed by atoms with Gasteiger partial charge in [0.05, 0.1) is 12.3 Å². The number of carbonyl (C=O) groups excluding carboxylic acids is 1. The molecule has 4 rings (SSSR count). The fourth-order valence-corrected chi connectivity index (χ4v) is 3.63. The number of rotatable bonds is 3. The average Bonchev–Trinajstić information content (AvgIpc) is 2.92. The number of hydrogen-bond acceptors (Lipinski definition) is 9. The van der Waals surface area contributed by atoms with E-state index in [0.29, 0.717) is 19.7 Å². The zero-order valence-corrected chi connectivity index (χ0v) is 21.1. The van der Waals surface area contributed by atoms with Crippen LogP contribution >= 0.6 is 11.8 Å². The number of ether oxygens (including phenoxy) is 1. The van der Waals surface area contributed by atoms with E-state index in [1.54, 1.807) is 23.5 Å². The van der Waals surface area contributed by atoms with E-state index < -0.39 is 0 Å². The number of nitrogens with zero attached hydrogens (tertiary/aromatic N) is 3. The molecule has 10 heteroatoms. The summed E-state index contributed by atoms with van der Waals surface area (Å²) < 4.78 is 4.86. The predicted molar refractivity (Wildman–Crippen MR) is 140 cm³/mol. The Morgan fingerprint density at radius 1 is 1.12 bits per heavy atom. The Morgan fingerprint density at radius 2 is 1.85 bits per heavy atom. The molecule has 2 aromatic heterocycles. The van der Waals surface area contributed by atoms with Crippen molar-refractivity contribution in [2.24, 2.45) is 17.2 Å². The number of hydrogen-bond donors (Lipinski definition) is 4. The number of aromatic nitrogens is 2. The highest BCUT2D eigenvalue weighted by atomic mass is 32.2. The molecule has 1 amide bonds. The van der Waals surface area contributed by atoms with Crippen LogP contribution in [0.15, 0.2) is 48.9 Å². The van der Waals surface area contributed by atoms with Crippen LogP contribution in [0.25, 0.3) is 0 Å². The third-order valence-corrected chi connectivity index (χ3v) is 5.79. The summed E-state index contributed by atoms with van der Waals surface area (Å²) in [6.07, 6.45) is 6.81. The van der Waals surface area contributed by atoms with Crippen molar-refractivity contribution < 1.29 is 9.53 Å². The van der Waals surface area contributed by atoms with Gasteiger partial charge < -0.3 is 32.2 Å². The van der Waals surface area contributed by atoms with E-state index in [2.05, 4.69) is 15.3 Å². The molecule has 0 atom stereocenters. The minimum Gasteiger partial charge on any atom is -0.450 e. The van der Waals surface area contributed by atoms with Crippen LogP contribution in [0.3, 0.4) is 0 Å². The first kappa shape index (κ1) is 29.8. The first-order valence-corrected chi connectivity index (χ1v) is 12.9. The van der Waals surface area contributed by atoms with Crippen LogP contribution < -0.4 is 22.5 Å². The molecule has 9 nitrogen and oxygen atoms in total. The van der Waals surface area contributed by atoms with Gasteiger partial charge in [-0.05, 0) is 43.5 Å². The number of carbonyl (C=O) groups is 1. The molecule has 0 bridgehead atoms. The number of pyridine rings is 2. The Hall–Kier alpha value is -2.24. The van der Waals surface area contributed by atoms with Gasteiger partial charge in [-0.2, -0.15) is 11.8 Å². The maximum atomic E-state index is 11.2. The van der Waals surface area contributed by atoms with Crippen LogP contribution in [0, 0.1) is 0 Å². The molecule has 2 aliphatic heterocycles. The number of nitrogens with two attached hydrogens (primary N) is 3. The molecule has 0 radical (unpaired) electrons. The van der Waals surface area contributed by atoms with Crippen LogP contribution in [0.4, 0.5) is 4.79 Å². The van der Waals surface area contributed by atoms with Gasteiger partial charge in [0.25, 0.3) is 0 Å². The smallest absolute Gasteiger partial charge is 0.409 e. The third-order valence-electron chi connectivity index (χ3n) is 4.81. The normalized spacial score (nSPS) is 15.4. The Balaban J connectivity index is 0.000000234. The summed E-state index contributed by atoms with van der Waals surface area (Å²) in [6.45, 7) is 7.26. The van der Waals surface area contributed by atoms with E-state index in [4.69, 9.17) is 21.9 Å². The van der Waals surface area contributed by atoms with Crippen molar-refractivity contribution in [3.8, 4) is 0 Å². The SMILES string of the molecule is C1CSCCN1.CCOC(=O)N1CCC(N)CC1.NCc1ccccn1.NCc1cccnc1. The van der Waals surface area contributed by atoms with Crippen LogP contribution in [0.2, 0.25) is 0 Å². The summed E-state index contributed by atoms with van der Waals surface area (Å²) in [5.74, 6) is 2.61. The van der Waals surface area contributed by atoms with E-state index in [9.17, 15) is 4.79 Å². The summed E-state index contributed by atoms with van der Waals surface area (Å²) in [5.41, 5.74) is 18.3. The Labute approximate surface area is 208 Å². The number of likely N-dealkylation sites (tertiary alicyclic amines) is 1. The van der Waals surface area contributed by atoms with Crippen LogP contribution in [0.5, 0.6) is 0 Å². The van der Waals surface area contributed by atoms with Gasteiger partial charge in [-0.1, -0.05) is 12.1 Å². The van der Waals surface area contributed by atoms with Gasteiger partial charge in [0.2, 0.25) is 0 Å². The van der Waals surface area contributed by atoms with E-state index >= 15 is 0 Å². The maximum Gasteiger partial charge on any atom is 0.409 e. The summed E-state index contributed by atoms with van der Waals surface area (Å²) >= 11 is 2.03. The second-order valence-corrected chi connectivity index (χ2v) is 8.70. The van der Waals surface area contributed by atoms with Gasteiger partial charge in [-0.3, -0.25) is 9.97 Å². The highest BCUT2D eigenvalue weighted by Crippen LogP contribution is 2.09. The molecule has 2 saturated heterocycles. The lowest BCUT2D eigenvalue weighted by molar-refractivity contribution is 0.0974. The van der Waals surface area contributed by atoms with Crippen LogP contribution in [-0.2, 0) is 17.8 Å². The minimum absolute atomic E-state index is 0.204. The quantitative estimate of drug-likeness (QED) is 0.506. The number of amides is 1. The summed E-state index contributed by atoms with van der Waals surface area (Å²) in [6, 6.07) is 9.79. The van der Waals surface area contributed by atoms with Gasteiger partial charge in [0.1, 0.15) is 0 Å². The van der Waals surface area contributed by atoms with Gasteiger partial charge in [0.15, 0.2) is 0 Å². The number of nitrogens with one attached hydrogen (secondary N) is 1. The Kier molecular flexibility index (Phi) is 17.7. The van der Waals surface area contributed by atoms with Crippen molar-refractivity contribution in [3.05, 3.63) is 60.2 Å². The lowest BCUT2D eigenvalue weighted by atomic mass is 10.1. The number of piperidine rings is 1. The zero-order valence-electron chi connectivity index (χ0n) is 20.3. The van der Waals surface area contributed by atoms with Gasteiger partial charge in [-0.25, -0.2) is 4.79 Å². The summed E-state index contributed by atoms with van der Waals surface area (Å²) in [7, 11) is 0. The molecular formula is C24H41N7O2S. The molecule has 4 heterocycles. The molecular weight excluding hydrogens is 450 g/mol. The largest absolute Gasteiger partial charge is 0.450 e. The lowest BCUT2D eigenvalue weighted by Gasteiger charge is -2.29. The van der Waals surface area contributed by atoms with Crippen molar-refractivity contribution in [1.29, 1.82) is 0 Å². The predicted octanol–water partition coefficient (Wildman–Crippen LogP) is 1.97. The van der Waals surface area contributed by atoms with Gasteiger partial charge in [-0.15, -0.1) is 0 Å². The zero-order chi connectivity index (χ0) is 24.9. The van der Waals surface area contributed by atoms with Crippen molar-refractivity contribution in [1.82, 2.24) is 20.2 Å². The monoisotopic (exact) mass is 491 g/mol. The minimum atomic E-state index is -0.204. The molecule has 190 valence electrons. The van der Waals surface area contributed by atoms with E-state index in [0.717, 1.165) is 37.2 Å². The van der Waals surface area contributed by atoms with E-state index in [1.807, 2.05) is 49.0 Å². The fourth-order valence-electron chi connectivity index (χ4n) is 2.85. The Bertz CT molecular complexity index is 678. The second-order valence-electron chi connectivity index (χ2n) is 7.48. The molecule has 0 aromatic carbocycles. The Morgan fingerprint density at radius 3 is 2.24 bits per heavy atom. The van der Waals surface area contributed by atoms with Crippen molar-refractivity contribution in [2.75, 3.05) is 44.3 Å². The molecule has 2 fully saturated rings. The molecule has 0 spiro atoms. The molecule has 2 aliphatic rings. The van der Waals surface area contributed by atoms with Crippen molar-refractivity contribution in [3.63, 3.8) is 0 Å². The molecule has 34 heavy (non-hydrogen) atoms. The molecule has 0 saturated carbocycles. The second kappa shape index (κ2) is 20.2. The van der Waals surface area contributed by atoms with E-state index in [-0.39, 0.29) is 12.1 Å². The van der Waals surface area contributed by atoms with Crippen molar-refractivity contribution in [2.45, 2.75) is 38.9 Å². The first-order chi connectivity index (χ1) is 16.6. The number of thioether (sulfide) groups is 1. The molecule has 0 aliphatic carbocycles. The first-order valence-electron chi connectivity index (χ1n) is 11.7. The van der Waals surface area contributed by atoms with Gasteiger partial charge >= 0.3 is 6.09 Å². The van der Waals surface area contributed by atoms with Crippen molar-refractivity contribution >= 4 is 17.9 Å². The molecule has 7 N–H and O–H groups in total. The lowest BCUT2D eigenvalue weighted by Crippen LogP contribution is -2.43. The topological polar surface area (TPSA) is 145 Å². The van der Waals surface area contributed by atoms with Gasteiger partial charge in [0, 0.05) is 75.4 Å². The maximum absolute atomic E-state index is 11.2. The van der Waals surface area contributed by atoms with Crippen LogP contribution in [-0.4, -0.2) is 71.3 Å². The highest BCUT2D eigenvalue weighted by Gasteiger charge is 2.20. The summed E-state index contributed by atoms with van der Waals surface area (Å²) in [4.78, 5) is 20.7. The van der Waals surface area contributed by atoms with Crippen LogP contribution in [0.1, 0.15) is 31.0 Å². The van der Waals surface area contributed by atoms with E-state index in [1.165, 1.54) is 24.6 Å². The standard InChI is InChI=1S/C8H16N2O2.2C6H8N2.C4H9NS/c1-2-12-8(11)10-5-3-7(9)4-6-10;7-4-6-2-1-3-8-5-6;7-5-6-3-1-2-4-8-6;1-3-6-4-2-5-1/h7H,2-6,9H2,1H3;1-3,5H,4,7H2;1-4H,5,7H2;5H,1-4H2. The fraction of sp³-hybridized carbons (Fsp3) is 0.542. The molecule has 2 aromatic rings. The molecule has 0 unspecified atom stereocenters. The highest BCUT2D eigenvalue weighted by molar-refractivity contribution is 7.99. The summed E-state index contributed by atoms with van der Waals surface area (Å²) in [5, 5.41) is 3.26.